The number of aromatic amines is 1. The number of H-pyrrole nitrogens is 1. The van der Waals surface area contributed by atoms with E-state index >= 15 is 0 Å². The molecule has 0 aliphatic heterocycles. The minimum Gasteiger partial charge on any atom is -0.380 e. The van der Waals surface area contributed by atoms with Crippen molar-refractivity contribution in [3.8, 4) is 0 Å². The molecule has 0 aliphatic carbocycles. The molecule has 0 aliphatic rings. The van der Waals surface area contributed by atoms with E-state index in [-0.39, 0.29) is 0 Å². The first-order chi connectivity index (χ1) is 5.27. The normalized spacial score (nSPS) is 10.6. The van der Waals surface area contributed by atoms with Gasteiger partial charge in [-0.3, -0.25) is 0 Å². The van der Waals surface area contributed by atoms with E-state index in [0.29, 0.717) is 5.82 Å². The van der Waals surface area contributed by atoms with Crippen molar-refractivity contribution in [2.75, 3.05) is 5.73 Å². The molecule has 11 heavy (non-hydrogen) atoms. The Morgan fingerprint density at radius 2 is 2.36 bits per heavy atom. The number of aromatic nitrogens is 3. The molecule has 2 rings (SSSR count). The molecule has 0 bridgehead atoms. The third kappa shape index (κ3) is 0.832. The highest BCUT2D eigenvalue weighted by Crippen LogP contribution is 2.16. The van der Waals surface area contributed by atoms with Crippen LogP contribution in [0.15, 0.2) is 12.3 Å². The molecule has 0 atom stereocenters. The lowest BCUT2D eigenvalue weighted by Gasteiger charge is -1.90. The number of hydrogen-bond acceptors (Lipinski definition) is 3. The largest absolute Gasteiger partial charge is 0.380 e. The maximum Gasteiger partial charge on any atom is 0.170 e. The fourth-order valence-electron chi connectivity index (χ4n) is 1.13. The quantitative estimate of drug-likeness (QED) is 0.582. The van der Waals surface area contributed by atoms with Crippen molar-refractivity contribution < 1.29 is 0 Å². The van der Waals surface area contributed by atoms with Crippen LogP contribution in [0, 0.1) is 6.92 Å². The summed E-state index contributed by atoms with van der Waals surface area (Å²) in [7, 11) is 0. The van der Waals surface area contributed by atoms with Crippen molar-refractivity contribution >= 4 is 16.7 Å². The van der Waals surface area contributed by atoms with Gasteiger partial charge in [-0.15, -0.1) is 5.10 Å². The van der Waals surface area contributed by atoms with E-state index in [0.717, 1.165) is 16.6 Å². The molecule has 0 radical (unpaired) electrons. The van der Waals surface area contributed by atoms with Crippen molar-refractivity contribution in [2.45, 2.75) is 6.92 Å². The lowest BCUT2D eigenvalue weighted by Crippen LogP contribution is -1.92. The lowest BCUT2D eigenvalue weighted by molar-refractivity contribution is 1.06. The van der Waals surface area contributed by atoms with Crippen LogP contribution in [0.3, 0.4) is 0 Å². The van der Waals surface area contributed by atoms with Crippen LogP contribution in [0.2, 0.25) is 0 Å². The molecule has 2 aromatic heterocycles. The number of anilines is 1. The molecular weight excluding hydrogens is 140 g/mol. The van der Waals surface area contributed by atoms with Crippen LogP contribution >= 0.6 is 0 Å². The van der Waals surface area contributed by atoms with Crippen molar-refractivity contribution in [3.05, 3.63) is 18.0 Å². The Hall–Kier alpha value is -1.58. The average Bonchev–Trinajstić information content (AvgIpc) is 2.31. The van der Waals surface area contributed by atoms with Crippen LogP contribution in [0.4, 0.5) is 5.82 Å². The molecule has 0 saturated carbocycles. The number of fused-ring (bicyclic) bond motifs is 1. The molecule has 2 aromatic rings. The molecule has 0 aromatic carbocycles. The molecular formula is C7H8N4. The van der Waals surface area contributed by atoms with Crippen LogP contribution < -0.4 is 5.73 Å². The highest BCUT2D eigenvalue weighted by atomic mass is 15.1. The van der Waals surface area contributed by atoms with E-state index in [9.17, 15) is 0 Å². The Labute approximate surface area is 63.4 Å². The van der Waals surface area contributed by atoms with E-state index in [1.165, 1.54) is 0 Å². The number of hydrogen-bond donors (Lipinski definition) is 2. The number of aryl methyl sites for hydroxylation is 1. The van der Waals surface area contributed by atoms with Gasteiger partial charge in [0.05, 0.1) is 11.7 Å². The number of nitrogens with zero attached hydrogens (tertiary/aromatic N) is 2. The summed E-state index contributed by atoms with van der Waals surface area (Å²) >= 11 is 0. The van der Waals surface area contributed by atoms with Gasteiger partial charge in [-0.1, -0.05) is 0 Å². The Kier molecular flexibility index (Phi) is 1.09. The lowest BCUT2D eigenvalue weighted by atomic mass is 10.3. The molecule has 4 nitrogen and oxygen atoms in total. The highest BCUT2D eigenvalue weighted by Gasteiger charge is 2.00. The van der Waals surface area contributed by atoms with Gasteiger partial charge in [-0.25, -0.2) is 0 Å². The first-order valence-corrected chi connectivity index (χ1v) is 3.34. The second kappa shape index (κ2) is 1.95. The molecule has 3 N–H and O–H groups in total. The average molecular weight is 148 g/mol. The van der Waals surface area contributed by atoms with Gasteiger partial charge in [-0.05, 0) is 13.0 Å². The third-order valence-electron chi connectivity index (χ3n) is 1.60. The maximum atomic E-state index is 5.56. The minimum atomic E-state index is 0.454. The number of nitrogen functional groups attached to an aromatic ring is 1. The first-order valence-electron chi connectivity index (χ1n) is 3.34. The Morgan fingerprint density at radius 1 is 1.55 bits per heavy atom. The maximum absolute atomic E-state index is 5.56. The SMILES string of the molecule is Cc1cc2cnnc(N)c2[nH]1. The zero-order valence-electron chi connectivity index (χ0n) is 6.13. The van der Waals surface area contributed by atoms with E-state index in [4.69, 9.17) is 5.73 Å². The summed E-state index contributed by atoms with van der Waals surface area (Å²) in [4.78, 5) is 3.10. The van der Waals surface area contributed by atoms with Crippen molar-refractivity contribution in [3.63, 3.8) is 0 Å². The number of nitrogens with two attached hydrogens (primary N) is 1. The van der Waals surface area contributed by atoms with E-state index in [1.54, 1.807) is 6.20 Å². The van der Waals surface area contributed by atoms with Crippen molar-refractivity contribution in [1.29, 1.82) is 0 Å². The molecule has 56 valence electrons. The van der Waals surface area contributed by atoms with Gasteiger partial charge in [0, 0.05) is 11.1 Å². The van der Waals surface area contributed by atoms with Gasteiger partial charge in [0.25, 0.3) is 0 Å². The standard InChI is InChI=1S/C7H8N4/c1-4-2-5-3-9-11-7(8)6(5)10-4/h2-3,10H,1H3,(H2,8,11). The van der Waals surface area contributed by atoms with Gasteiger partial charge < -0.3 is 10.7 Å². The smallest absolute Gasteiger partial charge is 0.170 e. The van der Waals surface area contributed by atoms with Gasteiger partial charge in [-0.2, -0.15) is 5.10 Å². The summed E-state index contributed by atoms with van der Waals surface area (Å²) in [5.74, 6) is 0.454. The summed E-state index contributed by atoms with van der Waals surface area (Å²) in [6.07, 6.45) is 1.69. The van der Waals surface area contributed by atoms with Crippen molar-refractivity contribution in [1.82, 2.24) is 15.2 Å². The Morgan fingerprint density at radius 3 is 3.09 bits per heavy atom. The van der Waals surface area contributed by atoms with Crippen LogP contribution in [-0.4, -0.2) is 15.2 Å². The number of nitrogens with one attached hydrogen (secondary N) is 1. The fourth-order valence-corrected chi connectivity index (χ4v) is 1.13. The van der Waals surface area contributed by atoms with Gasteiger partial charge in [0.1, 0.15) is 0 Å². The monoisotopic (exact) mass is 148 g/mol. The summed E-state index contributed by atoms with van der Waals surface area (Å²) in [6.45, 7) is 1.97. The summed E-state index contributed by atoms with van der Waals surface area (Å²) in [5.41, 5.74) is 7.51. The van der Waals surface area contributed by atoms with Crippen LogP contribution in [0.1, 0.15) is 5.69 Å². The summed E-state index contributed by atoms with van der Waals surface area (Å²) in [5, 5.41) is 8.46. The summed E-state index contributed by atoms with van der Waals surface area (Å²) in [6, 6.07) is 1.99. The van der Waals surface area contributed by atoms with Gasteiger partial charge in [0.2, 0.25) is 0 Å². The fraction of sp³-hybridized carbons (Fsp3) is 0.143. The Balaban J connectivity index is 2.90. The predicted octanol–water partition coefficient (Wildman–Crippen LogP) is 0.849. The molecule has 0 spiro atoms. The highest BCUT2D eigenvalue weighted by molar-refractivity contribution is 5.87. The molecule has 0 amide bonds. The molecule has 0 saturated heterocycles. The first kappa shape index (κ1) is 6.15. The van der Waals surface area contributed by atoms with Crippen LogP contribution in [0.25, 0.3) is 10.9 Å². The summed E-state index contributed by atoms with van der Waals surface area (Å²) < 4.78 is 0. The predicted molar refractivity (Wildman–Crippen MR) is 43.0 cm³/mol. The zero-order chi connectivity index (χ0) is 7.84. The van der Waals surface area contributed by atoms with Gasteiger partial charge in [0.15, 0.2) is 5.82 Å². The minimum absolute atomic E-state index is 0.454. The zero-order valence-corrected chi connectivity index (χ0v) is 6.13. The molecule has 0 unspecified atom stereocenters. The second-order valence-electron chi connectivity index (χ2n) is 2.51. The van der Waals surface area contributed by atoms with Crippen molar-refractivity contribution in [2.24, 2.45) is 0 Å². The second-order valence-corrected chi connectivity index (χ2v) is 2.51. The van der Waals surface area contributed by atoms with E-state index < -0.39 is 0 Å². The van der Waals surface area contributed by atoms with Gasteiger partial charge >= 0.3 is 0 Å². The number of rotatable bonds is 0. The topological polar surface area (TPSA) is 67.6 Å². The van der Waals surface area contributed by atoms with Crippen LogP contribution in [0.5, 0.6) is 0 Å². The van der Waals surface area contributed by atoms with Crippen LogP contribution in [-0.2, 0) is 0 Å². The molecule has 4 heteroatoms. The third-order valence-corrected chi connectivity index (χ3v) is 1.60. The molecule has 2 heterocycles. The molecule has 0 fully saturated rings. The Bertz CT molecular complexity index is 390. The van der Waals surface area contributed by atoms with E-state index in [2.05, 4.69) is 15.2 Å². The van der Waals surface area contributed by atoms with E-state index in [1.807, 2.05) is 13.0 Å².